The summed E-state index contributed by atoms with van der Waals surface area (Å²) in [6, 6.07) is 13.1. The minimum atomic E-state index is -0.131. The SMILES string of the molecule is COc1ccc([C@H]2CN(C(=O)c3ccc(Cn4cccn4)o3)C[C@@H]2N)cc1. The van der Waals surface area contributed by atoms with Gasteiger partial charge < -0.3 is 19.8 Å². The molecule has 7 heteroatoms. The lowest BCUT2D eigenvalue weighted by Gasteiger charge is -2.15. The maximum atomic E-state index is 12.8. The van der Waals surface area contributed by atoms with Gasteiger partial charge in [0.1, 0.15) is 11.5 Å². The molecule has 0 saturated carbocycles. The summed E-state index contributed by atoms with van der Waals surface area (Å²) in [5, 5.41) is 4.14. The molecule has 3 aromatic rings. The average molecular weight is 366 g/mol. The van der Waals surface area contributed by atoms with Gasteiger partial charge in [-0.15, -0.1) is 0 Å². The number of nitrogens with zero attached hydrogens (tertiary/aromatic N) is 3. The van der Waals surface area contributed by atoms with Gasteiger partial charge in [-0.2, -0.15) is 5.10 Å². The third-order valence-corrected chi connectivity index (χ3v) is 4.95. The Hall–Kier alpha value is -3.06. The Bertz CT molecular complexity index is 902. The van der Waals surface area contributed by atoms with Crippen LogP contribution in [0.1, 0.15) is 27.8 Å². The number of rotatable bonds is 5. The van der Waals surface area contributed by atoms with Gasteiger partial charge in [-0.25, -0.2) is 0 Å². The number of benzene rings is 1. The fraction of sp³-hybridized carbons (Fsp3) is 0.300. The molecule has 1 fully saturated rings. The van der Waals surface area contributed by atoms with Gasteiger partial charge in [0.15, 0.2) is 5.76 Å². The molecule has 7 nitrogen and oxygen atoms in total. The third-order valence-electron chi connectivity index (χ3n) is 4.95. The van der Waals surface area contributed by atoms with E-state index in [1.54, 1.807) is 29.0 Å². The topological polar surface area (TPSA) is 86.5 Å². The first-order valence-electron chi connectivity index (χ1n) is 8.89. The first-order valence-corrected chi connectivity index (χ1v) is 8.89. The van der Waals surface area contributed by atoms with Crippen LogP contribution in [0.4, 0.5) is 0 Å². The summed E-state index contributed by atoms with van der Waals surface area (Å²) < 4.78 is 12.7. The minimum absolute atomic E-state index is 0.0957. The molecule has 27 heavy (non-hydrogen) atoms. The Labute approximate surface area is 157 Å². The molecule has 140 valence electrons. The van der Waals surface area contributed by atoms with Gasteiger partial charge in [-0.1, -0.05) is 12.1 Å². The van der Waals surface area contributed by atoms with Crippen molar-refractivity contribution in [3.8, 4) is 5.75 Å². The number of hydrogen-bond acceptors (Lipinski definition) is 5. The molecule has 2 N–H and O–H groups in total. The maximum absolute atomic E-state index is 12.8. The van der Waals surface area contributed by atoms with Crippen molar-refractivity contribution in [2.45, 2.75) is 18.5 Å². The number of methoxy groups -OCH3 is 1. The van der Waals surface area contributed by atoms with Crippen LogP contribution in [-0.2, 0) is 6.54 Å². The van der Waals surface area contributed by atoms with Crippen molar-refractivity contribution in [3.05, 3.63) is 71.9 Å². The van der Waals surface area contributed by atoms with Crippen molar-refractivity contribution < 1.29 is 13.9 Å². The number of hydrogen-bond donors (Lipinski definition) is 1. The number of carbonyl (C=O) groups is 1. The summed E-state index contributed by atoms with van der Waals surface area (Å²) in [6.45, 7) is 1.57. The van der Waals surface area contributed by atoms with E-state index < -0.39 is 0 Å². The molecule has 0 bridgehead atoms. The summed E-state index contributed by atoms with van der Waals surface area (Å²) in [4.78, 5) is 14.6. The Morgan fingerprint density at radius 1 is 1.26 bits per heavy atom. The number of ether oxygens (including phenoxy) is 1. The van der Waals surface area contributed by atoms with Crippen LogP contribution in [-0.4, -0.2) is 46.8 Å². The highest BCUT2D eigenvalue weighted by atomic mass is 16.5. The fourth-order valence-corrected chi connectivity index (χ4v) is 3.49. The summed E-state index contributed by atoms with van der Waals surface area (Å²) in [6.07, 6.45) is 3.56. The highest BCUT2D eigenvalue weighted by Gasteiger charge is 2.35. The van der Waals surface area contributed by atoms with Crippen LogP contribution < -0.4 is 10.5 Å². The van der Waals surface area contributed by atoms with Gasteiger partial charge in [-0.05, 0) is 35.9 Å². The third kappa shape index (κ3) is 3.59. The molecule has 1 aromatic carbocycles. The highest BCUT2D eigenvalue weighted by molar-refractivity contribution is 5.91. The summed E-state index contributed by atoms with van der Waals surface area (Å²) in [7, 11) is 1.64. The van der Waals surface area contributed by atoms with Gasteiger partial charge in [0, 0.05) is 37.4 Å². The van der Waals surface area contributed by atoms with E-state index in [9.17, 15) is 4.79 Å². The quantitative estimate of drug-likeness (QED) is 0.747. The van der Waals surface area contributed by atoms with E-state index in [0.717, 1.165) is 11.3 Å². The number of aromatic nitrogens is 2. The zero-order valence-electron chi connectivity index (χ0n) is 15.1. The second kappa shape index (κ2) is 7.28. The van der Waals surface area contributed by atoms with Gasteiger partial charge in [0.25, 0.3) is 5.91 Å². The number of amides is 1. The highest BCUT2D eigenvalue weighted by Crippen LogP contribution is 2.29. The largest absolute Gasteiger partial charge is 0.497 e. The Balaban J connectivity index is 1.44. The predicted octanol–water partition coefficient (Wildman–Crippen LogP) is 2.10. The Morgan fingerprint density at radius 3 is 2.78 bits per heavy atom. The molecule has 2 atom stereocenters. The van der Waals surface area contributed by atoms with E-state index in [-0.39, 0.29) is 17.9 Å². The zero-order chi connectivity index (χ0) is 18.8. The Kier molecular flexibility index (Phi) is 4.68. The lowest BCUT2D eigenvalue weighted by Crippen LogP contribution is -2.32. The molecule has 0 spiro atoms. The first kappa shape index (κ1) is 17.4. The van der Waals surface area contributed by atoms with Crippen LogP contribution in [0.5, 0.6) is 5.75 Å². The van der Waals surface area contributed by atoms with Crippen LogP contribution in [0, 0.1) is 0 Å². The van der Waals surface area contributed by atoms with Gasteiger partial charge in [0.2, 0.25) is 0 Å². The molecule has 4 rings (SSSR count). The Morgan fingerprint density at radius 2 is 2.07 bits per heavy atom. The zero-order valence-corrected chi connectivity index (χ0v) is 15.1. The van der Waals surface area contributed by atoms with Crippen LogP contribution in [0.25, 0.3) is 0 Å². The van der Waals surface area contributed by atoms with Crippen molar-refractivity contribution in [3.63, 3.8) is 0 Å². The average Bonchev–Trinajstić information content (AvgIpc) is 3.43. The maximum Gasteiger partial charge on any atom is 0.289 e. The molecule has 3 heterocycles. The minimum Gasteiger partial charge on any atom is -0.497 e. The number of likely N-dealkylation sites (tertiary alicyclic amines) is 1. The van der Waals surface area contributed by atoms with Crippen molar-refractivity contribution >= 4 is 5.91 Å². The molecule has 1 amide bonds. The lowest BCUT2D eigenvalue weighted by atomic mass is 9.95. The molecule has 0 radical (unpaired) electrons. The molecule has 1 saturated heterocycles. The number of furan rings is 1. The van der Waals surface area contributed by atoms with Gasteiger partial charge >= 0.3 is 0 Å². The lowest BCUT2D eigenvalue weighted by molar-refractivity contribution is 0.0755. The van der Waals surface area contributed by atoms with Gasteiger partial charge in [-0.3, -0.25) is 9.48 Å². The smallest absolute Gasteiger partial charge is 0.289 e. The second-order valence-corrected chi connectivity index (χ2v) is 6.72. The summed E-state index contributed by atoms with van der Waals surface area (Å²) >= 11 is 0. The van der Waals surface area contributed by atoms with Crippen molar-refractivity contribution in [1.82, 2.24) is 14.7 Å². The van der Waals surface area contributed by atoms with E-state index in [1.807, 2.05) is 42.6 Å². The van der Waals surface area contributed by atoms with Gasteiger partial charge in [0.05, 0.1) is 13.7 Å². The summed E-state index contributed by atoms with van der Waals surface area (Å²) in [5.41, 5.74) is 7.42. The second-order valence-electron chi connectivity index (χ2n) is 6.72. The van der Waals surface area contributed by atoms with E-state index in [2.05, 4.69) is 5.10 Å². The first-order chi connectivity index (χ1) is 13.1. The normalized spacial score (nSPS) is 19.4. The predicted molar refractivity (Wildman–Crippen MR) is 99.7 cm³/mol. The molecule has 0 unspecified atom stereocenters. The van der Waals surface area contributed by atoms with Crippen LogP contribution >= 0.6 is 0 Å². The van der Waals surface area contributed by atoms with Crippen molar-refractivity contribution in [1.29, 1.82) is 0 Å². The van der Waals surface area contributed by atoms with Crippen molar-refractivity contribution in [2.75, 3.05) is 20.2 Å². The molecule has 1 aliphatic heterocycles. The van der Waals surface area contributed by atoms with E-state index >= 15 is 0 Å². The van der Waals surface area contributed by atoms with Crippen LogP contribution in [0.15, 0.2) is 59.3 Å². The monoisotopic (exact) mass is 366 g/mol. The number of nitrogens with two attached hydrogens (primary N) is 1. The van der Waals surface area contributed by atoms with E-state index in [0.29, 0.717) is 31.2 Å². The fourth-order valence-electron chi connectivity index (χ4n) is 3.49. The van der Waals surface area contributed by atoms with Crippen molar-refractivity contribution in [2.24, 2.45) is 5.73 Å². The van der Waals surface area contributed by atoms with Crippen LogP contribution in [0.3, 0.4) is 0 Å². The molecule has 1 aliphatic rings. The van der Waals surface area contributed by atoms with Crippen LogP contribution in [0.2, 0.25) is 0 Å². The molecule has 0 aliphatic carbocycles. The molecular formula is C20H22N4O3. The summed E-state index contributed by atoms with van der Waals surface area (Å²) in [5.74, 6) is 1.79. The number of carbonyl (C=O) groups excluding carboxylic acids is 1. The van der Waals surface area contributed by atoms with E-state index in [1.165, 1.54) is 0 Å². The standard InChI is InChI=1S/C20H22N4O3/c1-26-15-5-3-14(4-6-15)17-12-23(13-18(17)21)20(25)19-8-7-16(27-19)11-24-10-2-9-22-24/h2-10,17-18H,11-13,21H2,1H3/t17-,18+/m1/s1. The van der Waals surface area contributed by atoms with E-state index in [4.69, 9.17) is 14.9 Å². The molecular weight excluding hydrogens is 344 g/mol. The molecule has 2 aromatic heterocycles.